The van der Waals surface area contributed by atoms with E-state index < -0.39 is 5.60 Å². The Balaban J connectivity index is 2.04. The summed E-state index contributed by atoms with van der Waals surface area (Å²) in [5.41, 5.74) is 1.50. The van der Waals surface area contributed by atoms with E-state index in [1.54, 1.807) is 16.7 Å². The van der Waals surface area contributed by atoms with Crippen LogP contribution in [0.5, 0.6) is 0 Å². The first kappa shape index (κ1) is 19.5. The molecule has 0 spiro atoms. The summed E-state index contributed by atoms with van der Waals surface area (Å²) < 4.78 is 6.29. The fraction of sp³-hybridized carbons (Fsp3) is 0.474. The predicted octanol–water partition coefficient (Wildman–Crippen LogP) is 4.37. The van der Waals surface area contributed by atoms with Gasteiger partial charge >= 0.3 is 6.09 Å². The molecule has 0 atom stereocenters. The zero-order valence-corrected chi connectivity index (χ0v) is 16.8. The number of nitrogens with zero attached hydrogens (tertiary/aromatic N) is 2. The topological polar surface area (TPSA) is 49.9 Å². The van der Waals surface area contributed by atoms with Crippen molar-refractivity contribution in [2.24, 2.45) is 0 Å². The van der Waals surface area contributed by atoms with Crippen molar-refractivity contribution in [1.29, 1.82) is 0 Å². The highest BCUT2D eigenvalue weighted by molar-refractivity contribution is 9.10. The summed E-state index contributed by atoms with van der Waals surface area (Å²) in [4.78, 5) is 27.6. The monoisotopic (exact) mass is 408 g/mol. The van der Waals surface area contributed by atoms with Gasteiger partial charge in [-0.3, -0.25) is 4.79 Å². The average molecular weight is 409 g/mol. The molecular weight excluding hydrogens is 384 g/mol. The number of carbonyl (C=O) groups excluding carboxylic acids is 2. The van der Waals surface area contributed by atoms with Crippen LogP contribution in [0.2, 0.25) is 0 Å². The average Bonchev–Trinajstić information content (AvgIpc) is 2.52. The fourth-order valence-corrected chi connectivity index (χ4v) is 3.09. The van der Waals surface area contributed by atoms with Crippen molar-refractivity contribution >= 4 is 33.6 Å². The van der Waals surface area contributed by atoms with E-state index in [2.05, 4.69) is 15.9 Å². The van der Waals surface area contributed by atoms with Gasteiger partial charge in [-0.2, -0.15) is 0 Å². The van der Waals surface area contributed by atoms with E-state index in [1.807, 2.05) is 51.1 Å². The Morgan fingerprint density at radius 3 is 2.48 bits per heavy atom. The highest BCUT2D eigenvalue weighted by Gasteiger charge is 2.24. The van der Waals surface area contributed by atoms with Gasteiger partial charge in [0.15, 0.2) is 0 Å². The van der Waals surface area contributed by atoms with E-state index in [-0.39, 0.29) is 12.0 Å². The van der Waals surface area contributed by atoms with Crippen LogP contribution in [0.25, 0.3) is 0 Å². The van der Waals surface area contributed by atoms with Crippen molar-refractivity contribution < 1.29 is 14.3 Å². The quantitative estimate of drug-likeness (QED) is 0.697. The normalized spacial score (nSPS) is 14.8. The first-order valence-electron chi connectivity index (χ1n) is 8.36. The van der Waals surface area contributed by atoms with Crippen molar-refractivity contribution in [2.75, 3.05) is 24.5 Å². The molecule has 5 nitrogen and oxygen atoms in total. The zero-order chi connectivity index (χ0) is 18.6. The van der Waals surface area contributed by atoms with Gasteiger partial charge in [0.2, 0.25) is 5.91 Å². The molecule has 2 rings (SSSR count). The lowest BCUT2D eigenvalue weighted by atomic mass is 10.1. The van der Waals surface area contributed by atoms with Gasteiger partial charge in [-0.25, -0.2) is 4.79 Å². The number of amides is 2. The van der Waals surface area contributed by atoms with Gasteiger partial charge < -0.3 is 14.5 Å². The van der Waals surface area contributed by atoms with Crippen LogP contribution in [-0.2, 0) is 9.53 Å². The fourth-order valence-electron chi connectivity index (χ4n) is 2.59. The molecule has 0 bridgehead atoms. The second kappa shape index (κ2) is 8.04. The van der Waals surface area contributed by atoms with Crippen LogP contribution >= 0.6 is 15.9 Å². The van der Waals surface area contributed by atoms with Crippen molar-refractivity contribution in [3.8, 4) is 0 Å². The summed E-state index contributed by atoms with van der Waals surface area (Å²) >= 11 is 3.50. The van der Waals surface area contributed by atoms with Crippen LogP contribution in [-0.4, -0.2) is 42.1 Å². The Bertz CT molecular complexity index is 679. The molecular formula is C19H25BrN2O3. The van der Waals surface area contributed by atoms with Crippen molar-refractivity contribution in [3.05, 3.63) is 40.4 Å². The zero-order valence-electron chi connectivity index (χ0n) is 15.2. The summed E-state index contributed by atoms with van der Waals surface area (Å²) in [6.07, 6.45) is 2.45. The molecule has 0 saturated heterocycles. The van der Waals surface area contributed by atoms with Gasteiger partial charge in [-0.1, -0.05) is 23.8 Å². The van der Waals surface area contributed by atoms with E-state index >= 15 is 0 Å². The van der Waals surface area contributed by atoms with Gasteiger partial charge in [0.1, 0.15) is 5.60 Å². The lowest BCUT2D eigenvalue weighted by Crippen LogP contribution is -2.40. The maximum Gasteiger partial charge on any atom is 0.410 e. The number of rotatable bonds is 3. The van der Waals surface area contributed by atoms with E-state index in [4.69, 9.17) is 4.74 Å². The standard InChI is InChI=1S/C19H25BrN2O3/c1-14(23)22(17-8-6-5-7-16(17)20)13-15-9-11-21(12-10-15)18(24)25-19(2,3)4/h5-9H,10-13H2,1-4H3. The summed E-state index contributed by atoms with van der Waals surface area (Å²) in [6, 6.07) is 7.67. The van der Waals surface area contributed by atoms with E-state index in [0.29, 0.717) is 19.6 Å². The third-order valence-electron chi connectivity index (χ3n) is 3.84. The number of hydrogen-bond acceptors (Lipinski definition) is 3. The van der Waals surface area contributed by atoms with Crippen LogP contribution in [0, 0.1) is 0 Å². The summed E-state index contributed by atoms with van der Waals surface area (Å²) in [6.45, 7) is 8.78. The molecule has 0 aromatic heterocycles. The second-order valence-corrected chi connectivity index (χ2v) is 7.95. The largest absolute Gasteiger partial charge is 0.444 e. The number of hydrogen-bond donors (Lipinski definition) is 0. The van der Waals surface area contributed by atoms with Crippen LogP contribution in [0.3, 0.4) is 0 Å². The Hall–Kier alpha value is -1.82. The molecule has 0 aliphatic carbocycles. The SMILES string of the molecule is CC(=O)N(CC1=CCN(C(=O)OC(C)(C)C)CC1)c1ccccc1Br. The molecule has 1 aliphatic heterocycles. The Labute approximate surface area is 157 Å². The van der Waals surface area contributed by atoms with Crippen molar-refractivity contribution in [3.63, 3.8) is 0 Å². The van der Waals surface area contributed by atoms with Crippen LogP contribution in [0.1, 0.15) is 34.1 Å². The van der Waals surface area contributed by atoms with Gasteiger partial charge in [0.25, 0.3) is 0 Å². The number of carbonyl (C=O) groups is 2. The highest BCUT2D eigenvalue weighted by atomic mass is 79.9. The van der Waals surface area contributed by atoms with Gasteiger partial charge in [0, 0.05) is 31.0 Å². The lowest BCUT2D eigenvalue weighted by Gasteiger charge is -2.31. The lowest BCUT2D eigenvalue weighted by molar-refractivity contribution is -0.116. The second-order valence-electron chi connectivity index (χ2n) is 7.10. The van der Waals surface area contributed by atoms with E-state index in [9.17, 15) is 9.59 Å². The Morgan fingerprint density at radius 2 is 1.96 bits per heavy atom. The minimum atomic E-state index is -0.494. The van der Waals surface area contributed by atoms with Crippen LogP contribution in [0.4, 0.5) is 10.5 Å². The molecule has 0 N–H and O–H groups in total. The maximum atomic E-state index is 12.1. The number of anilines is 1. The molecule has 1 heterocycles. The van der Waals surface area contributed by atoms with Gasteiger partial charge in [0.05, 0.1) is 5.69 Å². The highest BCUT2D eigenvalue weighted by Crippen LogP contribution is 2.27. The van der Waals surface area contributed by atoms with Crippen molar-refractivity contribution in [2.45, 2.75) is 39.7 Å². The predicted molar refractivity (Wildman–Crippen MR) is 103 cm³/mol. The molecule has 1 aliphatic rings. The Kier molecular flexibility index (Phi) is 6.27. The molecule has 1 aromatic carbocycles. The minimum Gasteiger partial charge on any atom is -0.444 e. The minimum absolute atomic E-state index is 0.0117. The molecule has 0 saturated carbocycles. The summed E-state index contributed by atoms with van der Waals surface area (Å²) in [7, 11) is 0. The molecule has 25 heavy (non-hydrogen) atoms. The van der Waals surface area contributed by atoms with Gasteiger partial charge in [-0.05, 0) is 55.3 Å². The third kappa shape index (κ3) is 5.59. The van der Waals surface area contributed by atoms with E-state index in [1.165, 1.54) is 0 Å². The first-order valence-corrected chi connectivity index (χ1v) is 9.15. The smallest absolute Gasteiger partial charge is 0.410 e. The Morgan fingerprint density at radius 1 is 1.28 bits per heavy atom. The first-order chi connectivity index (χ1) is 11.7. The summed E-state index contributed by atoms with van der Waals surface area (Å²) in [5, 5.41) is 0. The number of para-hydroxylation sites is 1. The molecule has 136 valence electrons. The number of benzene rings is 1. The van der Waals surface area contributed by atoms with Gasteiger partial charge in [-0.15, -0.1) is 0 Å². The molecule has 0 radical (unpaired) electrons. The molecule has 0 fully saturated rings. The van der Waals surface area contributed by atoms with E-state index in [0.717, 1.165) is 22.2 Å². The molecule has 1 aromatic rings. The van der Waals surface area contributed by atoms with Crippen molar-refractivity contribution in [1.82, 2.24) is 4.90 Å². The maximum absolute atomic E-state index is 12.1. The molecule has 2 amide bonds. The number of halogens is 1. The molecule has 6 heteroatoms. The number of ether oxygens (including phenoxy) is 1. The third-order valence-corrected chi connectivity index (χ3v) is 4.51. The van der Waals surface area contributed by atoms with Crippen LogP contribution < -0.4 is 4.90 Å². The summed E-state index contributed by atoms with van der Waals surface area (Å²) in [5.74, 6) is -0.0117. The van der Waals surface area contributed by atoms with Crippen LogP contribution in [0.15, 0.2) is 40.4 Å². The molecule has 0 unspecified atom stereocenters.